The third-order valence-corrected chi connectivity index (χ3v) is 3.98. The first-order valence-corrected chi connectivity index (χ1v) is 9.20. The number of methoxy groups -OCH3 is 4. The quantitative estimate of drug-likeness (QED) is 0.355. The van der Waals surface area contributed by atoms with E-state index in [1.165, 1.54) is 40.6 Å². The molecule has 0 fully saturated rings. The van der Waals surface area contributed by atoms with Crippen molar-refractivity contribution in [3.63, 3.8) is 0 Å². The molecule has 1 N–H and O–H groups in total. The van der Waals surface area contributed by atoms with Crippen LogP contribution < -0.4 is 57.9 Å². The van der Waals surface area contributed by atoms with Crippen molar-refractivity contribution in [1.29, 1.82) is 0 Å². The third kappa shape index (κ3) is 6.44. The molecule has 0 spiro atoms. The first kappa shape index (κ1) is 24.4. The second-order valence-electron chi connectivity index (χ2n) is 5.26. The summed E-state index contributed by atoms with van der Waals surface area (Å²) in [6.45, 7) is 0. The van der Waals surface area contributed by atoms with Gasteiger partial charge < -0.3 is 33.3 Å². The molecule has 2 rings (SSSR count). The normalized spacial score (nSPS) is 12.6. The van der Waals surface area contributed by atoms with E-state index >= 15 is 0 Å². The van der Waals surface area contributed by atoms with Crippen LogP contribution in [0, 0.1) is 0 Å². The fourth-order valence-electron chi connectivity index (χ4n) is 2.38. The van der Waals surface area contributed by atoms with Crippen LogP contribution in [0.25, 0.3) is 12.2 Å². The molecule has 28 heavy (non-hydrogen) atoms. The average molecular weight is 418 g/mol. The minimum atomic E-state index is -4.96. The van der Waals surface area contributed by atoms with Crippen LogP contribution in [0.15, 0.2) is 30.3 Å². The molecule has 10 heteroatoms. The smallest absolute Gasteiger partial charge is 0.746 e. The second-order valence-corrected chi connectivity index (χ2v) is 6.38. The first-order chi connectivity index (χ1) is 12.8. The largest absolute Gasteiger partial charge is 1.00 e. The van der Waals surface area contributed by atoms with E-state index in [1.807, 2.05) is 0 Å². The van der Waals surface area contributed by atoms with Crippen molar-refractivity contribution in [3.8, 4) is 28.7 Å². The molecule has 1 atom stereocenters. The van der Waals surface area contributed by atoms with E-state index in [9.17, 15) is 9.46 Å². The molecule has 2 aromatic carbocycles. The molecule has 0 aromatic heterocycles. The third-order valence-electron chi connectivity index (χ3n) is 3.56. The van der Waals surface area contributed by atoms with Gasteiger partial charge >= 0.3 is 37.4 Å². The molecule has 0 amide bonds. The summed E-state index contributed by atoms with van der Waals surface area (Å²) < 4.78 is 36.5. The molecule has 0 radical (unpaired) electrons. The molecule has 0 aliphatic heterocycles. The number of hydrogen-bond acceptors (Lipinski definition) is 7. The minimum absolute atomic E-state index is 0. The van der Waals surface area contributed by atoms with E-state index in [-0.39, 0.29) is 41.1 Å². The summed E-state index contributed by atoms with van der Waals surface area (Å²) in [6, 6.07) is 8.18. The zero-order chi connectivity index (χ0) is 20.0. The molecule has 1 unspecified atom stereocenters. The van der Waals surface area contributed by atoms with Crippen LogP contribution in [-0.4, -0.2) is 33.3 Å². The molecule has 0 bridgehead atoms. The Kier molecular flexibility index (Phi) is 9.36. The Labute approximate surface area is 185 Å². The van der Waals surface area contributed by atoms with E-state index in [0.29, 0.717) is 22.8 Å². The molecule has 2 aromatic rings. The van der Waals surface area contributed by atoms with Gasteiger partial charge in [0.25, 0.3) is 0 Å². The summed E-state index contributed by atoms with van der Waals surface area (Å²) in [6.07, 6.45) is 3.49. The maximum atomic E-state index is 11.0. The Morgan fingerprint density at radius 3 is 1.79 bits per heavy atom. The van der Waals surface area contributed by atoms with Crippen LogP contribution in [0.1, 0.15) is 11.1 Å². The minimum Gasteiger partial charge on any atom is -0.746 e. The van der Waals surface area contributed by atoms with E-state index < -0.39 is 7.82 Å². The Balaban J connectivity index is 0.00000392. The Morgan fingerprint density at radius 2 is 1.32 bits per heavy atom. The molecule has 146 valence electrons. The predicted molar refractivity (Wildman–Crippen MR) is 98.5 cm³/mol. The summed E-state index contributed by atoms with van der Waals surface area (Å²) in [5.41, 5.74) is 1.38. The number of phosphoric ester groups is 1. The van der Waals surface area contributed by atoms with Crippen LogP contribution in [0.5, 0.6) is 28.7 Å². The van der Waals surface area contributed by atoms with Crippen molar-refractivity contribution < 1.29 is 67.4 Å². The van der Waals surface area contributed by atoms with Gasteiger partial charge in [0, 0.05) is 0 Å². The SMILES string of the molecule is COc1ccc(/C=C\c2cc(OC)c(OC)c(OC)c2)cc1OP(=O)([O-])O.[Na+]. The number of rotatable bonds is 8. The average Bonchev–Trinajstić information content (AvgIpc) is 2.64. The molecule has 8 nitrogen and oxygen atoms in total. The zero-order valence-electron chi connectivity index (χ0n) is 16.3. The van der Waals surface area contributed by atoms with Crippen molar-refractivity contribution in [2.75, 3.05) is 28.4 Å². The van der Waals surface area contributed by atoms with Crippen molar-refractivity contribution in [2.24, 2.45) is 0 Å². The number of benzene rings is 2. The van der Waals surface area contributed by atoms with Crippen molar-refractivity contribution >= 4 is 20.0 Å². The Hall–Kier alpha value is -1.67. The van der Waals surface area contributed by atoms with E-state index in [4.69, 9.17) is 23.8 Å². The molecule has 0 heterocycles. The second kappa shape index (κ2) is 10.8. The monoisotopic (exact) mass is 418 g/mol. The number of hydrogen-bond donors (Lipinski definition) is 1. The van der Waals surface area contributed by atoms with E-state index in [0.717, 1.165) is 5.56 Å². The maximum Gasteiger partial charge on any atom is 1.00 e. The number of phosphoric acid groups is 1. The van der Waals surface area contributed by atoms with Gasteiger partial charge in [-0.2, -0.15) is 0 Å². The summed E-state index contributed by atoms with van der Waals surface area (Å²) in [5.74, 6) is 1.53. The molecular formula is C18H20NaO8P. The Morgan fingerprint density at radius 1 is 0.821 bits per heavy atom. The van der Waals surface area contributed by atoms with Gasteiger partial charge in [0.2, 0.25) is 5.75 Å². The van der Waals surface area contributed by atoms with Crippen molar-refractivity contribution in [3.05, 3.63) is 41.5 Å². The van der Waals surface area contributed by atoms with Crippen molar-refractivity contribution in [1.82, 2.24) is 0 Å². The molecule has 0 saturated heterocycles. The van der Waals surface area contributed by atoms with Crippen LogP contribution in [0.4, 0.5) is 0 Å². The van der Waals surface area contributed by atoms with Gasteiger partial charge in [-0.1, -0.05) is 18.2 Å². The predicted octanol–water partition coefficient (Wildman–Crippen LogP) is -0.265. The fraction of sp³-hybridized carbons (Fsp3) is 0.222. The molecule has 0 aliphatic carbocycles. The van der Waals surface area contributed by atoms with Gasteiger partial charge in [0.15, 0.2) is 23.0 Å². The van der Waals surface area contributed by atoms with Gasteiger partial charge in [-0.25, -0.2) is 0 Å². The van der Waals surface area contributed by atoms with Gasteiger partial charge in [0.05, 0.1) is 28.4 Å². The standard InChI is InChI=1S/C18H21O8P.Na/c1-22-14-8-7-12(9-15(14)26-27(19,20)21)5-6-13-10-16(23-2)18(25-4)17(11-13)24-3;/h5-11H,1-4H3,(H2,19,20,21);/q;+1/p-1/b6-5-;. The van der Waals surface area contributed by atoms with Crippen LogP contribution in [0.2, 0.25) is 0 Å². The maximum absolute atomic E-state index is 11.0. The van der Waals surface area contributed by atoms with Gasteiger partial charge in [-0.15, -0.1) is 0 Å². The van der Waals surface area contributed by atoms with Gasteiger partial charge in [-0.3, -0.25) is 4.57 Å². The summed E-state index contributed by atoms with van der Waals surface area (Å²) >= 11 is 0. The fourth-order valence-corrected chi connectivity index (χ4v) is 2.77. The van der Waals surface area contributed by atoms with Crippen LogP contribution in [-0.2, 0) is 4.57 Å². The van der Waals surface area contributed by atoms with Crippen molar-refractivity contribution in [2.45, 2.75) is 0 Å². The summed E-state index contributed by atoms with van der Waals surface area (Å²) in [4.78, 5) is 19.9. The van der Waals surface area contributed by atoms with Crippen LogP contribution in [0.3, 0.4) is 0 Å². The number of ether oxygens (including phenoxy) is 4. The molecule has 0 aliphatic rings. The topological polar surface area (TPSA) is 107 Å². The zero-order valence-corrected chi connectivity index (χ0v) is 19.2. The van der Waals surface area contributed by atoms with Crippen LogP contribution >= 0.6 is 7.82 Å². The summed E-state index contributed by atoms with van der Waals surface area (Å²) in [5, 5.41) is 0. The summed E-state index contributed by atoms with van der Waals surface area (Å²) in [7, 11) is 0.968. The molecular weight excluding hydrogens is 398 g/mol. The van der Waals surface area contributed by atoms with Gasteiger partial charge in [-0.05, 0) is 35.4 Å². The van der Waals surface area contributed by atoms with Gasteiger partial charge in [0.1, 0.15) is 0 Å². The molecule has 0 saturated carbocycles. The Bertz CT molecular complexity index is 853. The van der Waals surface area contributed by atoms with E-state index in [2.05, 4.69) is 4.52 Å². The van der Waals surface area contributed by atoms with E-state index in [1.54, 1.807) is 30.4 Å². The first-order valence-electron chi connectivity index (χ1n) is 7.70.